The molecule has 0 unspecified atom stereocenters. The largest absolute Gasteiger partial charge is 0.497 e. The number of hydrogen-bond acceptors (Lipinski definition) is 6. The summed E-state index contributed by atoms with van der Waals surface area (Å²) in [4.78, 5) is 14.1. The molecular weight excluding hydrogens is 404 g/mol. The molecule has 152 valence electrons. The van der Waals surface area contributed by atoms with Crippen molar-refractivity contribution < 1.29 is 22.7 Å². The molecule has 2 aromatic rings. The molecule has 2 rings (SSSR count). The molecule has 7 nitrogen and oxygen atoms in total. The molecule has 0 atom stereocenters. The van der Waals surface area contributed by atoms with Crippen LogP contribution in [0.1, 0.15) is 0 Å². The van der Waals surface area contributed by atoms with Crippen molar-refractivity contribution in [1.82, 2.24) is 4.90 Å². The zero-order chi connectivity index (χ0) is 20.7. The molecule has 0 saturated heterocycles. The maximum absolute atomic E-state index is 12.5. The molecule has 0 spiro atoms. The van der Waals surface area contributed by atoms with Crippen LogP contribution in [0.2, 0.25) is 5.02 Å². The van der Waals surface area contributed by atoms with Gasteiger partial charge in [-0.2, -0.15) is 0 Å². The highest BCUT2D eigenvalue weighted by Crippen LogP contribution is 2.27. The van der Waals surface area contributed by atoms with E-state index in [9.17, 15) is 13.2 Å². The van der Waals surface area contributed by atoms with Gasteiger partial charge in [0.25, 0.3) is 0 Å². The Balaban J connectivity index is 1.93. The lowest BCUT2D eigenvalue weighted by molar-refractivity contribution is -0.117. The van der Waals surface area contributed by atoms with Gasteiger partial charge in [0, 0.05) is 11.6 Å². The molecule has 0 heterocycles. The van der Waals surface area contributed by atoms with Gasteiger partial charge in [0.2, 0.25) is 5.91 Å². The van der Waals surface area contributed by atoms with Gasteiger partial charge in [-0.25, -0.2) is 8.42 Å². The average molecular weight is 427 g/mol. The second kappa shape index (κ2) is 9.77. The fourth-order valence-corrected chi connectivity index (χ4v) is 4.02. The van der Waals surface area contributed by atoms with Gasteiger partial charge in [0.15, 0.2) is 9.84 Å². The first-order chi connectivity index (χ1) is 13.2. The van der Waals surface area contributed by atoms with E-state index in [1.54, 1.807) is 42.3 Å². The second-order valence-corrected chi connectivity index (χ2v) is 8.67. The van der Waals surface area contributed by atoms with Gasteiger partial charge in [-0.1, -0.05) is 17.7 Å². The van der Waals surface area contributed by atoms with Crippen LogP contribution in [-0.4, -0.2) is 59.3 Å². The molecular formula is C19H23ClN2O5S. The van der Waals surface area contributed by atoms with Crippen LogP contribution in [0.3, 0.4) is 0 Å². The van der Waals surface area contributed by atoms with Crippen molar-refractivity contribution in [3.63, 3.8) is 0 Å². The Labute approximate surface area is 170 Å². The quantitative estimate of drug-likeness (QED) is 0.663. The number of benzene rings is 2. The number of anilines is 1. The Hall–Kier alpha value is -2.29. The molecule has 1 amide bonds. The summed E-state index contributed by atoms with van der Waals surface area (Å²) in [6.45, 7) is 0.211. The molecule has 0 aliphatic rings. The standard InChI is InChI=1S/C19H23ClN2O5S/c1-22(9-10-28(24,25)16-6-4-5-15(12-16)26-2)13-19(23)21-17-11-14(20)7-8-18(17)27-3/h4-8,11-12H,9-10,13H2,1-3H3,(H,21,23). The molecule has 9 heteroatoms. The Morgan fingerprint density at radius 1 is 1.14 bits per heavy atom. The van der Waals surface area contributed by atoms with Crippen LogP contribution < -0.4 is 14.8 Å². The summed E-state index contributed by atoms with van der Waals surface area (Å²) in [5, 5.41) is 3.19. The maximum Gasteiger partial charge on any atom is 0.238 e. The molecule has 0 fully saturated rings. The van der Waals surface area contributed by atoms with Crippen molar-refractivity contribution in [2.45, 2.75) is 4.90 Å². The minimum atomic E-state index is -3.49. The van der Waals surface area contributed by atoms with Crippen LogP contribution in [0.25, 0.3) is 0 Å². The number of carbonyl (C=O) groups excluding carboxylic acids is 1. The van der Waals surface area contributed by atoms with Gasteiger partial charge >= 0.3 is 0 Å². The first kappa shape index (κ1) is 22.0. The van der Waals surface area contributed by atoms with Crippen LogP contribution in [0, 0.1) is 0 Å². The minimum absolute atomic E-state index is 0.0172. The Morgan fingerprint density at radius 3 is 2.57 bits per heavy atom. The number of carbonyl (C=O) groups is 1. The first-order valence-electron chi connectivity index (χ1n) is 8.44. The van der Waals surface area contributed by atoms with Gasteiger partial charge in [-0.15, -0.1) is 0 Å². The van der Waals surface area contributed by atoms with E-state index in [0.717, 1.165) is 0 Å². The van der Waals surface area contributed by atoms with Crippen LogP contribution in [0.5, 0.6) is 11.5 Å². The average Bonchev–Trinajstić information content (AvgIpc) is 2.66. The molecule has 0 saturated carbocycles. The number of likely N-dealkylation sites (N-methyl/N-ethyl adjacent to an activating group) is 1. The Morgan fingerprint density at radius 2 is 1.89 bits per heavy atom. The van der Waals surface area contributed by atoms with E-state index >= 15 is 0 Å². The second-order valence-electron chi connectivity index (χ2n) is 6.13. The molecule has 0 aliphatic heterocycles. The molecule has 0 bridgehead atoms. The topological polar surface area (TPSA) is 84.9 Å². The lowest BCUT2D eigenvalue weighted by Gasteiger charge is -2.17. The third-order valence-electron chi connectivity index (χ3n) is 3.99. The van der Waals surface area contributed by atoms with E-state index in [-0.39, 0.29) is 29.6 Å². The summed E-state index contributed by atoms with van der Waals surface area (Å²) in [5.41, 5.74) is 0.456. The van der Waals surface area contributed by atoms with E-state index in [0.29, 0.717) is 22.2 Å². The summed E-state index contributed by atoms with van der Waals surface area (Å²) in [6, 6.07) is 11.2. The van der Waals surface area contributed by atoms with Gasteiger partial charge in [-0.05, 0) is 43.4 Å². The van der Waals surface area contributed by atoms with Crippen LogP contribution in [0.15, 0.2) is 47.4 Å². The fourth-order valence-electron chi connectivity index (χ4n) is 2.48. The van der Waals surface area contributed by atoms with Crippen molar-refractivity contribution in [3.8, 4) is 11.5 Å². The SMILES string of the molecule is COc1cccc(S(=O)(=O)CCN(C)CC(=O)Nc2cc(Cl)ccc2OC)c1. The molecule has 0 aromatic heterocycles. The number of nitrogens with one attached hydrogen (secondary N) is 1. The highest BCUT2D eigenvalue weighted by molar-refractivity contribution is 7.91. The fraction of sp³-hybridized carbons (Fsp3) is 0.316. The van der Waals surface area contributed by atoms with Gasteiger partial charge < -0.3 is 14.8 Å². The van der Waals surface area contributed by atoms with E-state index in [1.807, 2.05) is 0 Å². The molecule has 28 heavy (non-hydrogen) atoms. The summed E-state index contributed by atoms with van der Waals surface area (Å²) in [7, 11) is 1.16. The van der Waals surface area contributed by atoms with Crippen molar-refractivity contribution in [3.05, 3.63) is 47.5 Å². The maximum atomic E-state index is 12.5. The molecule has 0 aliphatic carbocycles. The normalized spacial score (nSPS) is 11.3. The number of rotatable bonds is 9. The third-order valence-corrected chi connectivity index (χ3v) is 5.92. The number of sulfone groups is 1. The molecule has 0 radical (unpaired) electrons. The number of amides is 1. The van der Waals surface area contributed by atoms with E-state index in [1.165, 1.54) is 26.4 Å². The minimum Gasteiger partial charge on any atom is -0.497 e. The van der Waals surface area contributed by atoms with Gasteiger partial charge in [0.1, 0.15) is 11.5 Å². The Kier molecular flexibility index (Phi) is 7.68. The van der Waals surface area contributed by atoms with Crippen molar-refractivity contribution >= 4 is 33.0 Å². The number of halogens is 1. The summed E-state index contributed by atoms with van der Waals surface area (Å²) in [5.74, 6) is 0.539. The lowest BCUT2D eigenvalue weighted by atomic mass is 10.3. The smallest absolute Gasteiger partial charge is 0.238 e. The number of methoxy groups -OCH3 is 2. The van der Waals surface area contributed by atoms with Gasteiger partial charge in [0.05, 0.1) is 37.1 Å². The molecule has 1 N–H and O–H groups in total. The predicted molar refractivity (Wildman–Crippen MR) is 109 cm³/mol. The number of nitrogens with zero attached hydrogens (tertiary/aromatic N) is 1. The Bertz CT molecular complexity index is 934. The zero-order valence-electron chi connectivity index (χ0n) is 15.9. The van der Waals surface area contributed by atoms with E-state index in [4.69, 9.17) is 21.1 Å². The third kappa shape index (κ3) is 6.12. The van der Waals surface area contributed by atoms with Crippen molar-refractivity contribution in [1.29, 1.82) is 0 Å². The van der Waals surface area contributed by atoms with Crippen molar-refractivity contribution in [2.75, 3.05) is 45.4 Å². The van der Waals surface area contributed by atoms with Crippen molar-refractivity contribution in [2.24, 2.45) is 0 Å². The molecule has 2 aromatic carbocycles. The number of ether oxygens (including phenoxy) is 2. The first-order valence-corrected chi connectivity index (χ1v) is 10.5. The summed E-state index contributed by atoms with van der Waals surface area (Å²) < 4.78 is 35.2. The van der Waals surface area contributed by atoms with E-state index in [2.05, 4.69) is 5.32 Å². The van der Waals surface area contributed by atoms with Gasteiger partial charge in [-0.3, -0.25) is 9.69 Å². The zero-order valence-corrected chi connectivity index (χ0v) is 17.5. The predicted octanol–water partition coefficient (Wildman–Crippen LogP) is 2.70. The van der Waals surface area contributed by atoms with Crippen LogP contribution in [0.4, 0.5) is 5.69 Å². The lowest BCUT2D eigenvalue weighted by Crippen LogP contribution is -2.33. The highest BCUT2D eigenvalue weighted by Gasteiger charge is 2.17. The van der Waals surface area contributed by atoms with Crippen LogP contribution in [-0.2, 0) is 14.6 Å². The monoisotopic (exact) mass is 426 g/mol. The van der Waals surface area contributed by atoms with Crippen LogP contribution >= 0.6 is 11.6 Å². The summed E-state index contributed by atoms with van der Waals surface area (Å²) in [6.07, 6.45) is 0. The van der Waals surface area contributed by atoms with E-state index < -0.39 is 9.84 Å². The number of hydrogen-bond donors (Lipinski definition) is 1. The highest BCUT2D eigenvalue weighted by atomic mass is 35.5. The summed E-state index contributed by atoms with van der Waals surface area (Å²) >= 11 is 5.95.